The van der Waals surface area contributed by atoms with Gasteiger partial charge in [0.25, 0.3) is 0 Å². The van der Waals surface area contributed by atoms with E-state index in [9.17, 15) is 14.4 Å². The van der Waals surface area contributed by atoms with Gasteiger partial charge < -0.3 is 14.2 Å². The molecule has 1 saturated carbocycles. The average molecular weight is 335 g/mol. The van der Waals surface area contributed by atoms with Gasteiger partial charge in [0, 0.05) is 19.8 Å². The second-order valence-corrected chi connectivity index (χ2v) is 5.82. The molecule has 19 heavy (non-hydrogen) atoms. The van der Waals surface area contributed by atoms with Gasteiger partial charge in [0.15, 0.2) is 0 Å². The fourth-order valence-electron chi connectivity index (χ4n) is 2.63. The Kier molecular flexibility index (Phi) is 4.13. The summed E-state index contributed by atoms with van der Waals surface area (Å²) in [5.74, 6) is -1.59. The van der Waals surface area contributed by atoms with E-state index in [4.69, 9.17) is 14.2 Å². The molecular weight excluding hydrogens is 320 g/mol. The number of halogens is 1. The van der Waals surface area contributed by atoms with E-state index in [0.717, 1.165) is 0 Å². The van der Waals surface area contributed by atoms with Crippen LogP contribution >= 0.6 is 15.9 Å². The van der Waals surface area contributed by atoms with Crippen molar-refractivity contribution in [3.63, 3.8) is 0 Å². The van der Waals surface area contributed by atoms with Crippen molar-refractivity contribution in [1.82, 2.24) is 0 Å². The lowest BCUT2D eigenvalue weighted by Gasteiger charge is -2.34. The zero-order valence-corrected chi connectivity index (χ0v) is 12.2. The smallest absolute Gasteiger partial charge is 0.348 e. The molecule has 0 amide bonds. The molecule has 0 radical (unpaired) electrons. The number of rotatable bonds is 2. The molecule has 2 rings (SSSR count). The van der Waals surface area contributed by atoms with E-state index in [1.54, 1.807) is 0 Å². The van der Waals surface area contributed by atoms with Gasteiger partial charge in [0.2, 0.25) is 6.10 Å². The zero-order chi connectivity index (χ0) is 14.2. The maximum atomic E-state index is 11.7. The first-order chi connectivity index (χ1) is 8.90. The number of esters is 3. The second-order valence-electron chi connectivity index (χ2n) is 4.77. The van der Waals surface area contributed by atoms with E-state index in [1.165, 1.54) is 13.8 Å². The Morgan fingerprint density at radius 2 is 1.84 bits per heavy atom. The van der Waals surface area contributed by atoms with Crippen molar-refractivity contribution in [1.29, 1.82) is 0 Å². The van der Waals surface area contributed by atoms with Crippen molar-refractivity contribution in [2.45, 2.75) is 49.8 Å². The molecular formula is C12H15BrO6. The minimum atomic E-state index is -0.846. The van der Waals surface area contributed by atoms with E-state index in [2.05, 4.69) is 15.9 Å². The Bertz CT molecular complexity index is 409. The van der Waals surface area contributed by atoms with Gasteiger partial charge in [-0.05, 0) is 12.8 Å². The molecule has 1 saturated heterocycles. The summed E-state index contributed by atoms with van der Waals surface area (Å²) in [5.41, 5.74) is 0. The van der Waals surface area contributed by atoms with Crippen LogP contribution in [-0.2, 0) is 28.6 Å². The summed E-state index contributed by atoms with van der Waals surface area (Å²) in [6.07, 6.45) is -0.405. The van der Waals surface area contributed by atoms with Crippen LogP contribution in [0.4, 0.5) is 0 Å². The van der Waals surface area contributed by atoms with Crippen LogP contribution in [0.15, 0.2) is 0 Å². The lowest BCUT2D eigenvalue weighted by atomic mass is 9.83. The van der Waals surface area contributed by atoms with Gasteiger partial charge in [-0.25, -0.2) is 4.79 Å². The second kappa shape index (κ2) is 5.48. The number of hydrogen-bond acceptors (Lipinski definition) is 6. The lowest BCUT2D eigenvalue weighted by Crippen LogP contribution is -2.45. The largest absolute Gasteiger partial charge is 0.461 e. The van der Waals surface area contributed by atoms with Crippen LogP contribution in [-0.4, -0.2) is 41.0 Å². The minimum absolute atomic E-state index is 0.187. The van der Waals surface area contributed by atoms with Crippen molar-refractivity contribution in [3.8, 4) is 0 Å². The molecule has 2 fully saturated rings. The standard InChI is InChI=1S/C12H15BrO6/c1-5(14)17-8-4-3-7-10(9(8)13)19-12(16)11(7)18-6(2)15/h7-11H,3-4H2,1-2H3/t7-,8+,9-,10-,11+/m1/s1. The van der Waals surface area contributed by atoms with Crippen molar-refractivity contribution in [2.24, 2.45) is 5.92 Å². The Morgan fingerprint density at radius 1 is 1.21 bits per heavy atom. The molecule has 0 spiro atoms. The molecule has 0 aromatic heterocycles. The quantitative estimate of drug-likeness (QED) is 0.425. The van der Waals surface area contributed by atoms with E-state index in [1.807, 2.05) is 0 Å². The van der Waals surface area contributed by atoms with Gasteiger partial charge in [-0.2, -0.15) is 0 Å². The van der Waals surface area contributed by atoms with E-state index < -0.39 is 24.1 Å². The molecule has 0 N–H and O–H groups in total. The maximum absolute atomic E-state index is 11.7. The third-order valence-corrected chi connectivity index (χ3v) is 4.47. The number of alkyl halides is 1. The molecule has 6 nitrogen and oxygen atoms in total. The third kappa shape index (κ3) is 2.91. The van der Waals surface area contributed by atoms with Crippen LogP contribution in [0.5, 0.6) is 0 Å². The fourth-order valence-corrected chi connectivity index (χ4v) is 3.50. The molecule has 0 aromatic rings. The van der Waals surface area contributed by atoms with Crippen LogP contribution in [0.25, 0.3) is 0 Å². The molecule has 2 aliphatic rings. The Hall–Kier alpha value is -1.11. The van der Waals surface area contributed by atoms with E-state index in [-0.39, 0.29) is 22.8 Å². The first-order valence-electron chi connectivity index (χ1n) is 6.09. The Labute approximate surface area is 118 Å². The predicted octanol–water partition coefficient (Wildman–Crippen LogP) is 0.949. The Morgan fingerprint density at radius 3 is 2.42 bits per heavy atom. The summed E-state index contributed by atoms with van der Waals surface area (Å²) in [7, 11) is 0. The number of carbonyl (C=O) groups excluding carboxylic acids is 3. The van der Waals surface area contributed by atoms with Crippen molar-refractivity contribution in [3.05, 3.63) is 0 Å². The summed E-state index contributed by atoms with van der Waals surface area (Å²) in [6, 6.07) is 0. The van der Waals surface area contributed by atoms with Gasteiger partial charge in [-0.3, -0.25) is 9.59 Å². The van der Waals surface area contributed by atoms with Gasteiger partial charge in [0.1, 0.15) is 12.2 Å². The monoisotopic (exact) mass is 334 g/mol. The van der Waals surface area contributed by atoms with E-state index >= 15 is 0 Å². The highest BCUT2D eigenvalue weighted by molar-refractivity contribution is 9.09. The van der Waals surface area contributed by atoms with Crippen molar-refractivity contribution < 1.29 is 28.6 Å². The van der Waals surface area contributed by atoms with E-state index in [0.29, 0.717) is 12.8 Å². The summed E-state index contributed by atoms with van der Waals surface area (Å²) in [5, 5.41) is 0. The number of ether oxygens (including phenoxy) is 3. The molecule has 0 unspecified atom stereocenters. The van der Waals surface area contributed by atoms with Crippen molar-refractivity contribution in [2.75, 3.05) is 0 Å². The van der Waals surface area contributed by atoms with Crippen LogP contribution in [0.2, 0.25) is 0 Å². The van der Waals surface area contributed by atoms with Gasteiger partial charge in [-0.15, -0.1) is 0 Å². The highest BCUT2D eigenvalue weighted by Crippen LogP contribution is 2.41. The summed E-state index contributed by atoms with van der Waals surface area (Å²) in [6.45, 7) is 2.60. The third-order valence-electron chi connectivity index (χ3n) is 3.36. The van der Waals surface area contributed by atoms with Crippen LogP contribution in [0.1, 0.15) is 26.7 Å². The Balaban J connectivity index is 2.08. The molecule has 1 heterocycles. The molecule has 5 atom stereocenters. The SMILES string of the molecule is CC(=O)O[C@H]1CC[C@@H]2[C@@H](OC(=O)[C@H]2OC(C)=O)[C@@H]1Br. The van der Waals surface area contributed by atoms with Crippen LogP contribution in [0, 0.1) is 5.92 Å². The highest BCUT2D eigenvalue weighted by atomic mass is 79.9. The molecule has 106 valence electrons. The first kappa shape index (κ1) is 14.3. The molecule has 1 aliphatic carbocycles. The van der Waals surface area contributed by atoms with Gasteiger partial charge in [0.05, 0.1) is 4.83 Å². The van der Waals surface area contributed by atoms with Gasteiger partial charge in [-0.1, -0.05) is 15.9 Å². The lowest BCUT2D eigenvalue weighted by molar-refractivity contribution is -0.160. The van der Waals surface area contributed by atoms with Gasteiger partial charge >= 0.3 is 17.9 Å². The summed E-state index contributed by atoms with van der Waals surface area (Å²) >= 11 is 3.42. The molecule has 0 bridgehead atoms. The normalized spacial score (nSPS) is 37.2. The predicted molar refractivity (Wildman–Crippen MR) is 66.4 cm³/mol. The molecule has 0 aromatic carbocycles. The molecule has 1 aliphatic heterocycles. The number of carbonyl (C=O) groups is 3. The minimum Gasteiger partial charge on any atom is -0.461 e. The average Bonchev–Trinajstić information content (AvgIpc) is 2.60. The maximum Gasteiger partial charge on any atom is 0.348 e. The van der Waals surface area contributed by atoms with Crippen LogP contribution in [0.3, 0.4) is 0 Å². The highest BCUT2D eigenvalue weighted by Gasteiger charge is 2.54. The van der Waals surface area contributed by atoms with Crippen LogP contribution < -0.4 is 0 Å². The molecule has 7 heteroatoms. The topological polar surface area (TPSA) is 78.9 Å². The number of hydrogen-bond donors (Lipinski definition) is 0. The zero-order valence-electron chi connectivity index (χ0n) is 10.6. The first-order valence-corrected chi connectivity index (χ1v) is 7.00. The number of fused-ring (bicyclic) bond motifs is 1. The summed E-state index contributed by atoms with van der Waals surface area (Å²) in [4.78, 5) is 33.4. The fraction of sp³-hybridized carbons (Fsp3) is 0.750. The van der Waals surface area contributed by atoms with Crippen molar-refractivity contribution >= 4 is 33.8 Å². The summed E-state index contributed by atoms with van der Waals surface area (Å²) < 4.78 is 15.4.